The molecule has 0 N–H and O–H groups in total. The van der Waals surface area contributed by atoms with Gasteiger partial charge in [0.2, 0.25) is 5.69 Å². The zero-order valence-corrected chi connectivity index (χ0v) is 21.6. The molecule has 3 aromatic heterocycles. The molecule has 2 nitrogen and oxygen atoms in total. The number of benzene rings is 2. The molecule has 0 aliphatic heterocycles. The number of aryl methyl sites for hydroxylation is 1. The highest BCUT2D eigenvalue weighted by atomic mass is 14.9. The highest BCUT2D eigenvalue weighted by Gasteiger charge is 2.37. The van der Waals surface area contributed by atoms with Crippen molar-refractivity contribution < 1.29 is 7.31 Å². The van der Waals surface area contributed by atoms with Gasteiger partial charge in [0, 0.05) is 48.4 Å². The summed E-state index contributed by atoms with van der Waals surface area (Å²) < 4.78 is 22.4. The Morgan fingerprint density at radius 3 is 2.50 bits per heavy atom. The minimum absolute atomic E-state index is 0.187. The minimum Gasteiger partial charge on any atom is -0.308 e. The van der Waals surface area contributed by atoms with Crippen molar-refractivity contribution in [2.75, 3.05) is 0 Å². The first kappa shape index (κ1) is 19.5. The summed E-state index contributed by atoms with van der Waals surface area (Å²) in [4.78, 5) is 0. The van der Waals surface area contributed by atoms with Gasteiger partial charge in [-0.3, -0.25) is 0 Å². The Morgan fingerprint density at radius 2 is 1.67 bits per heavy atom. The van der Waals surface area contributed by atoms with Crippen LogP contribution in [0.15, 0.2) is 84.6 Å². The Balaban J connectivity index is 1.43. The van der Waals surface area contributed by atoms with Crippen LogP contribution in [-0.4, -0.2) is 4.40 Å². The van der Waals surface area contributed by atoms with E-state index in [4.69, 9.17) is 2.74 Å². The second kappa shape index (κ2) is 7.43. The van der Waals surface area contributed by atoms with Crippen molar-refractivity contribution in [3.8, 4) is 0 Å². The van der Waals surface area contributed by atoms with Crippen LogP contribution in [-0.2, 0) is 13.4 Å². The second-order valence-corrected chi connectivity index (χ2v) is 11.5. The molecule has 0 radical (unpaired) electrons. The van der Waals surface area contributed by atoms with Crippen LogP contribution >= 0.6 is 0 Å². The first-order valence-corrected chi connectivity index (χ1v) is 12.9. The standard InChI is InChI=1S/C34H33N2/c1-21-13-14-25-24(31(21)30-19-22(17-18-35(30)5)20-34(2,3)4)15-16-29-32(25)27-11-8-10-26-23-9-6-7-12-28(23)36(29)33(26)27/h6-19,24-25H,20H2,1-5H3/q+1/i20D2. The molecule has 0 spiro atoms. The zero-order valence-electron chi connectivity index (χ0n) is 23.6. The quantitative estimate of drug-likeness (QED) is 0.232. The van der Waals surface area contributed by atoms with Crippen LogP contribution in [0.4, 0.5) is 0 Å². The first-order chi connectivity index (χ1) is 18.1. The van der Waals surface area contributed by atoms with E-state index in [9.17, 15) is 0 Å². The van der Waals surface area contributed by atoms with Gasteiger partial charge in [0.25, 0.3) is 0 Å². The van der Waals surface area contributed by atoms with Crippen LogP contribution in [0, 0.1) is 11.3 Å². The third-order valence-electron chi connectivity index (χ3n) is 7.94. The maximum atomic E-state index is 8.92. The molecular formula is C34H33N2+. The Kier molecular flexibility index (Phi) is 4.03. The van der Waals surface area contributed by atoms with Crippen molar-refractivity contribution in [1.29, 1.82) is 0 Å². The molecule has 2 atom stereocenters. The van der Waals surface area contributed by atoms with Crippen molar-refractivity contribution >= 4 is 38.8 Å². The molecule has 2 unspecified atom stereocenters. The third kappa shape index (κ3) is 3.00. The number of hydrogen-bond acceptors (Lipinski definition) is 0. The summed E-state index contributed by atoms with van der Waals surface area (Å²) in [5.74, 6) is 0.410. The lowest BCUT2D eigenvalue weighted by molar-refractivity contribution is -0.674. The molecule has 2 aliphatic rings. The van der Waals surface area contributed by atoms with Gasteiger partial charge in [-0.1, -0.05) is 75.4 Å². The Morgan fingerprint density at radius 1 is 0.917 bits per heavy atom. The van der Waals surface area contributed by atoms with Crippen molar-refractivity contribution in [3.05, 3.63) is 107 Å². The fraction of sp³-hybridized carbons (Fsp3) is 0.265. The lowest BCUT2D eigenvalue weighted by Gasteiger charge is -2.31. The van der Waals surface area contributed by atoms with Crippen molar-refractivity contribution in [2.45, 2.75) is 40.0 Å². The van der Waals surface area contributed by atoms with Crippen LogP contribution in [0.25, 0.3) is 38.8 Å². The predicted octanol–water partition coefficient (Wildman–Crippen LogP) is 7.87. The number of pyridine rings is 1. The molecule has 3 heterocycles. The smallest absolute Gasteiger partial charge is 0.209 e. The van der Waals surface area contributed by atoms with Gasteiger partial charge in [-0.05, 0) is 47.6 Å². The average molecular weight is 472 g/mol. The molecule has 0 saturated carbocycles. The summed E-state index contributed by atoms with van der Waals surface area (Å²) >= 11 is 0. The summed E-state index contributed by atoms with van der Waals surface area (Å²) in [5, 5.41) is 3.95. The highest BCUT2D eigenvalue weighted by Crippen LogP contribution is 2.50. The first-order valence-electron chi connectivity index (χ1n) is 13.9. The fourth-order valence-electron chi connectivity index (χ4n) is 6.57. The van der Waals surface area contributed by atoms with Gasteiger partial charge in [-0.2, -0.15) is 0 Å². The maximum absolute atomic E-state index is 8.92. The number of allylic oxidation sites excluding steroid dienone is 5. The summed E-state index contributed by atoms with van der Waals surface area (Å²) in [6.07, 6.45) is 9.94. The van der Waals surface area contributed by atoms with Gasteiger partial charge in [0.05, 0.1) is 16.7 Å². The SMILES string of the molecule is [2H]C([2H])(c1cc[n+](C)c(C2=C(C)C=CC3c4c(n5c6ccccc6c6cccc4c65)C=CC23)c1)C(C)(C)C. The van der Waals surface area contributed by atoms with E-state index in [0.717, 1.165) is 11.3 Å². The van der Waals surface area contributed by atoms with E-state index in [1.54, 1.807) is 0 Å². The normalized spacial score (nSPS) is 20.8. The summed E-state index contributed by atoms with van der Waals surface area (Å²) in [7, 11) is 2.07. The number of nitrogens with zero attached hydrogens (tertiary/aromatic N) is 2. The molecule has 0 saturated heterocycles. The van der Waals surface area contributed by atoms with E-state index in [0.29, 0.717) is 0 Å². The number of para-hydroxylation sites is 2. The predicted molar refractivity (Wildman–Crippen MR) is 151 cm³/mol. The molecule has 0 amide bonds. The van der Waals surface area contributed by atoms with Gasteiger partial charge in [-0.15, -0.1) is 0 Å². The molecule has 7 rings (SSSR count). The van der Waals surface area contributed by atoms with Crippen molar-refractivity contribution in [2.24, 2.45) is 18.4 Å². The molecule has 178 valence electrons. The number of aromatic nitrogens is 2. The third-order valence-corrected chi connectivity index (χ3v) is 7.94. The van der Waals surface area contributed by atoms with Gasteiger partial charge in [0.15, 0.2) is 6.20 Å². The lowest BCUT2D eigenvalue weighted by atomic mass is 9.71. The summed E-state index contributed by atoms with van der Waals surface area (Å²) in [6.45, 7) is 8.11. The van der Waals surface area contributed by atoms with Gasteiger partial charge in [0.1, 0.15) is 7.05 Å². The van der Waals surface area contributed by atoms with Gasteiger partial charge >= 0.3 is 0 Å². The molecule has 2 heteroatoms. The maximum Gasteiger partial charge on any atom is 0.209 e. The van der Waals surface area contributed by atoms with Crippen LogP contribution in [0.3, 0.4) is 0 Å². The largest absolute Gasteiger partial charge is 0.308 e. The Bertz CT molecular complexity index is 1860. The lowest BCUT2D eigenvalue weighted by Crippen LogP contribution is -2.35. The molecule has 2 aromatic carbocycles. The molecule has 5 aromatic rings. The Hall–Kier alpha value is -3.65. The molecule has 36 heavy (non-hydrogen) atoms. The monoisotopic (exact) mass is 471 g/mol. The van der Waals surface area contributed by atoms with E-state index in [-0.39, 0.29) is 11.8 Å². The second-order valence-electron chi connectivity index (χ2n) is 11.5. The van der Waals surface area contributed by atoms with E-state index in [1.165, 1.54) is 49.6 Å². The minimum atomic E-state index is -1.45. The van der Waals surface area contributed by atoms with Crippen LogP contribution in [0.2, 0.25) is 0 Å². The van der Waals surface area contributed by atoms with Crippen LogP contribution < -0.4 is 4.57 Å². The fourth-order valence-corrected chi connectivity index (χ4v) is 6.57. The van der Waals surface area contributed by atoms with Crippen molar-refractivity contribution in [1.82, 2.24) is 4.40 Å². The van der Waals surface area contributed by atoms with E-state index < -0.39 is 11.8 Å². The van der Waals surface area contributed by atoms with E-state index in [1.807, 2.05) is 33.0 Å². The van der Waals surface area contributed by atoms with E-state index >= 15 is 0 Å². The van der Waals surface area contributed by atoms with Gasteiger partial charge in [-0.25, -0.2) is 4.57 Å². The molecule has 2 aliphatic carbocycles. The molecular weight excluding hydrogens is 436 g/mol. The highest BCUT2D eigenvalue weighted by molar-refractivity contribution is 6.16. The summed E-state index contributed by atoms with van der Waals surface area (Å²) in [5.41, 5.74) is 9.09. The number of rotatable bonds is 2. The Labute approximate surface area is 216 Å². The number of fused-ring (bicyclic) bond motifs is 8. The van der Waals surface area contributed by atoms with Crippen LogP contribution in [0.5, 0.6) is 0 Å². The molecule has 0 fully saturated rings. The van der Waals surface area contributed by atoms with E-state index in [2.05, 4.69) is 95.8 Å². The molecule has 0 bridgehead atoms. The average Bonchev–Trinajstić information content (AvgIpc) is 3.41. The topological polar surface area (TPSA) is 8.29 Å². The van der Waals surface area contributed by atoms with Crippen molar-refractivity contribution in [3.63, 3.8) is 0 Å². The summed E-state index contributed by atoms with van der Waals surface area (Å²) in [6, 6.07) is 19.5. The zero-order chi connectivity index (χ0) is 26.6. The van der Waals surface area contributed by atoms with Crippen LogP contribution in [0.1, 0.15) is 58.9 Å². The number of hydrogen-bond donors (Lipinski definition) is 0. The van der Waals surface area contributed by atoms with Gasteiger partial charge < -0.3 is 4.40 Å².